The molecule has 0 unspecified atom stereocenters. The Labute approximate surface area is 96.9 Å². The van der Waals surface area contributed by atoms with E-state index in [1.165, 1.54) is 0 Å². The van der Waals surface area contributed by atoms with Gasteiger partial charge in [-0.25, -0.2) is 0 Å². The van der Waals surface area contributed by atoms with Gasteiger partial charge in [0.2, 0.25) is 0 Å². The van der Waals surface area contributed by atoms with Gasteiger partial charge in [0, 0.05) is 12.0 Å². The largest absolute Gasteiger partial charge is 0.494 e. The van der Waals surface area contributed by atoms with Crippen molar-refractivity contribution in [2.24, 2.45) is 5.73 Å². The Morgan fingerprint density at radius 1 is 1.24 bits per heavy atom. The number of nitrogens with two attached hydrogens (primary N) is 1. The van der Waals surface area contributed by atoms with Crippen LogP contribution in [0.1, 0.15) is 18.4 Å². The highest BCUT2D eigenvalue weighted by Crippen LogP contribution is 2.21. The molecule has 3 N–H and O–H groups in total. The second-order valence-electron chi connectivity index (χ2n) is 3.51. The fourth-order valence-corrected chi connectivity index (χ4v) is 1.19. The minimum Gasteiger partial charge on any atom is -0.494 e. The lowest BCUT2D eigenvalue weighted by Gasteiger charge is -2.08. The first kappa shape index (κ1) is 13.3. The van der Waals surface area contributed by atoms with E-state index in [-0.39, 0.29) is 18.9 Å². The van der Waals surface area contributed by atoms with Crippen molar-refractivity contribution in [3.63, 3.8) is 0 Å². The van der Waals surface area contributed by atoms with Crippen LogP contribution in [0, 0.1) is 5.41 Å². The van der Waals surface area contributed by atoms with Gasteiger partial charge in [0.15, 0.2) is 0 Å². The lowest BCUT2D eigenvalue weighted by atomic mass is 10.2. The third-order valence-corrected chi connectivity index (χ3v) is 2.04. The highest BCUT2D eigenvalue weighted by atomic mass is 19.4. The Bertz CT molecular complexity index is 373. The van der Waals surface area contributed by atoms with Crippen molar-refractivity contribution in [1.82, 2.24) is 0 Å². The maximum atomic E-state index is 11.8. The van der Waals surface area contributed by atoms with Crippen molar-refractivity contribution in [1.29, 1.82) is 5.41 Å². The summed E-state index contributed by atoms with van der Waals surface area (Å²) in [7, 11) is 0. The van der Waals surface area contributed by atoms with Crippen LogP contribution in [0.15, 0.2) is 24.3 Å². The van der Waals surface area contributed by atoms with Gasteiger partial charge in [-0.2, -0.15) is 13.2 Å². The summed E-state index contributed by atoms with van der Waals surface area (Å²) in [6, 6.07) is 6.32. The Kier molecular flexibility index (Phi) is 4.37. The Morgan fingerprint density at radius 2 is 1.82 bits per heavy atom. The number of hydrogen-bond donors (Lipinski definition) is 2. The van der Waals surface area contributed by atoms with E-state index in [9.17, 15) is 13.2 Å². The number of nitrogens with one attached hydrogen (secondary N) is 1. The predicted octanol–water partition coefficient (Wildman–Crippen LogP) is 2.69. The highest BCUT2D eigenvalue weighted by Gasteiger charge is 2.26. The minimum absolute atomic E-state index is 0.0128. The van der Waals surface area contributed by atoms with Crippen molar-refractivity contribution in [2.45, 2.75) is 19.0 Å². The van der Waals surface area contributed by atoms with Gasteiger partial charge in [0.25, 0.3) is 0 Å². The molecule has 0 aromatic heterocycles. The molecule has 0 aliphatic heterocycles. The summed E-state index contributed by atoms with van der Waals surface area (Å²) in [6.07, 6.45) is -5.06. The molecule has 0 saturated heterocycles. The van der Waals surface area contributed by atoms with E-state index in [4.69, 9.17) is 15.9 Å². The molecule has 1 aromatic carbocycles. The standard InChI is InChI=1S/C11H13F3N2O/c12-11(13,14)6-1-7-17-9-4-2-8(3-5-9)10(15)16/h2-5H,1,6-7H2,(H3,15,16). The van der Waals surface area contributed by atoms with E-state index < -0.39 is 12.6 Å². The van der Waals surface area contributed by atoms with Crippen molar-refractivity contribution in [3.8, 4) is 5.75 Å². The third kappa shape index (κ3) is 5.24. The SMILES string of the molecule is N=C(N)c1ccc(OCCCC(F)(F)F)cc1. The van der Waals surface area contributed by atoms with Crippen molar-refractivity contribution in [3.05, 3.63) is 29.8 Å². The number of rotatable bonds is 5. The zero-order valence-corrected chi connectivity index (χ0v) is 9.05. The normalized spacial score (nSPS) is 11.2. The molecule has 0 aliphatic carbocycles. The zero-order chi connectivity index (χ0) is 12.9. The Morgan fingerprint density at radius 3 is 2.29 bits per heavy atom. The maximum Gasteiger partial charge on any atom is 0.389 e. The molecular formula is C11H13F3N2O. The molecule has 3 nitrogen and oxygen atoms in total. The number of ether oxygens (including phenoxy) is 1. The summed E-state index contributed by atoms with van der Waals surface area (Å²) >= 11 is 0. The predicted molar refractivity (Wildman–Crippen MR) is 58.2 cm³/mol. The fourth-order valence-electron chi connectivity index (χ4n) is 1.19. The molecule has 17 heavy (non-hydrogen) atoms. The van der Waals surface area contributed by atoms with Gasteiger partial charge in [-0.3, -0.25) is 5.41 Å². The minimum atomic E-state index is -4.14. The molecule has 94 valence electrons. The number of hydrogen-bond acceptors (Lipinski definition) is 2. The van der Waals surface area contributed by atoms with Crippen molar-refractivity contribution in [2.75, 3.05) is 6.61 Å². The number of halogens is 3. The van der Waals surface area contributed by atoms with Crippen LogP contribution in [0.3, 0.4) is 0 Å². The Hall–Kier alpha value is -1.72. The molecule has 0 fully saturated rings. The molecule has 0 atom stereocenters. The second kappa shape index (κ2) is 5.56. The van der Waals surface area contributed by atoms with E-state index in [1.54, 1.807) is 24.3 Å². The number of nitrogen functional groups attached to an aromatic ring is 1. The smallest absolute Gasteiger partial charge is 0.389 e. The van der Waals surface area contributed by atoms with Crippen LogP contribution >= 0.6 is 0 Å². The van der Waals surface area contributed by atoms with E-state index in [0.717, 1.165) is 0 Å². The monoisotopic (exact) mass is 246 g/mol. The van der Waals surface area contributed by atoms with Crippen LogP contribution in [-0.4, -0.2) is 18.6 Å². The van der Waals surface area contributed by atoms with E-state index in [1.807, 2.05) is 0 Å². The molecule has 0 spiro atoms. The molecule has 1 rings (SSSR count). The Balaban J connectivity index is 2.35. The maximum absolute atomic E-state index is 11.8. The van der Waals surface area contributed by atoms with E-state index in [0.29, 0.717) is 11.3 Å². The molecular weight excluding hydrogens is 233 g/mol. The van der Waals surface area contributed by atoms with E-state index in [2.05, 4.69) is 0 Å². The molecule has 1 aromatic rings. The summed E-state index contributed by atoms with van der Waals surface area (Å²) in [5, 5.41) is 7.15. The lowest BCUT2D eigenvalue weighted by molar-refractivity contribution is -0.136. The number of benzene rings is 1. The van der Waals surface area contributed by atoms with Gasteiger partial charge < -0.3 is 10.5 Å². The first-order valence-corrected chi connectivity index (χ1v) is 5.02. The summed E-state index contributed by atoms with van der Waals surface area (Å²) in [5.41, 5.74) is 5.80. The molecule has 0 amide bonds. The summed E-state index contributed by atoms with van der Waals surface area (Å²) in [6.45, 7) is 0.0128. The summed E-state index contributed by atoms with van der Waals surface area (Å²) in [5.74, 6) is 0.408. The van der Waals surface area contributed by atoms with Crippen LogP contribution in [0.25, 0.3) is 0 Å². The van der Waals surface area contributed by atoms with Gasteiger partial charge in [-0.15, -0.1) is 0 Å². The third-order valence-electron chi connectivity index (χ3n) is 2.04. The molecule has 0 radical (unpaired) electrons. The van der Waals surface area contributed by atoms with Crippen LogP contribution in [0.5, 0.6) is 5.75 Å². The molecule has 6 heteroatoms. The molecule has 0 bridgehead atoms. The molecule has 0 aliphatic rings. The number of alkyl halides is 3. The van der Waals surface area contributed by atoms with Gasteiger partial charge in [0.05, 0.1) is 6.61 Å². The van der Waals surface area contributed by atoms with Gasteiger partial charge in [-0.05, 0) is 30.7 Å². The summed E-state index contributed by atoms with van der Waals surface area (Å²) < 4.78 is 40.6. The van der Waals surface area contributed by atoms with E-state index >= 15 is 0 Å². The zero-order valence-electron chi connectivity index (χ0n) is 9.05. The van der Waals surface area contributed by atoms with Crippen molar-refractivity contribution >= 4 is 5.84 Å². The van der Waals surface area contributed by atoms with Gasteiger partial charge >= 0.3 is 6.18 Å². The second-order valence-corrected chi connectivity index (χ2v) is 3.51. The average molecular weight is 246 g/mol. The number of amidine groups is 1. The van der Waals surface area contributed by atoms with Gasteiger partial charge in [-0.1, -0.05) is 0 Å². The topological polar surface area (TPSA) is 59.1 Å². The van der Waals surface area contributed by atoms with Crippen LogP contribution in [-0.2, 0) is 0 Å². The first-order chi connectivity index (χ1) is 7.88. The van der Waals surface area contributed by atoms with Crippen molar-refractivity contribution < 1.29 is 17.9 Å². The fraction of sp³-hybridized carbons (Fsp3) is 0.364. The quantitative estimate of drug-likeness (QED) is 0.476. The first-order valence-electron chi connectivity index (χ1n) is 5.02. The lowest BCUT2D eigenvalue weighted by Crippen LogP contribution is -2.11. The van der Waals surface area contributed by atoms with Crippen LogP contribution in [0.4, 0.5) is 13.2 Å². The van der Waals surface area contributed by atoms with Crippen LogP contribution < -0.4 is 10.5 Å². The van der Waals surface area contributed by atoms with Gasteiger partial charge in [0.1, 0.15) is 11.6 Å². The highest BCUT2D eigenvalue weighted by molar-refractivity contribution is 5.94. The average Bonchev–Trinajstić information content (AvgIpc) is 2.24. The van der Waals surface area contributed by atoms with Crippen LogP contribution in [0.2, 0.25) is 0 Å². The molecule has 0 heterocycles. The summed E-state index contributed by atoms with van der Waals surface area (Å²) in [4.78, 5) is 0. The molecule has 0 saturated carbocycles.